The summed E-state index contributed by atoms with van der Waals surface area (Å²) in [6.07, 6.45) is 1.51. The van der Waals surface area contributed by atoms with Crippen LogP contribution in [0.1, 0.15) is 37.3 Å². The van der Waals surface area contributed by atoms with E-state index in [1.54, 1.807) is 19.1 Å². The van der Waals surface area contributed by atoms with Crippen LogP contribution < -0.4 is 16.0 Å². The molecule has 0 saturated heterocycles. The lowest BCUT2D eigenvalue weighted by atomic mass is 9.98. The molecule has 160 valence electrons. The maximum absolute atomic E-state index is 12.8. The van der Waals surface area contributed by atoms with Gasteiger partial charge in [-0.05, 0) is 36.8 Å². The monoisotopic (exact) mass is 420 g/mol. The van der Waals surface area contributed by atoms with Crippen LogP contribution in [0.3, 0.4) is 0 Å². The molecule has 1 aromatic heterocycles. The number of urea groups is 1. The van der Waals surface area contributed by atoms with Crippen LogP contribution in [0, 0.1) is 0 Å². The fraction of sp³-hybridized carbons (Fsp3) is 0.250. The van der Waals surface area contributed by atoms with Crippen LogP contribution in [0.25, 0.3) is 10.8 Å². The lowest BCUT2D eigenvalue weighted by Crippen LogP contribution is -2.86. The molecule has 1 aliphatic rings. The number of rotatable bonds is 7. The maximum atomic E-state index is 12.8. The van der Waals surface area contributed by atoms with E-state index in [9.17, 15) is 9.59 Å². The normalized spacial score (nSPS) is 17.2. The molecular weight excluding hydrogens is 394 g/mol. The molecule has 0 unspecified atom stereocenters. The lowest BCUT2D eigenvalue weighted by molar-refractivity contribution is -0.686. The molecule has 4 rings (SSSR count). The maximum Gasteiger partial charge on any atom is 0.338 e. The Balaban J connectivity index is 1.64. The van der Waals surface area contributed by atoms with Crippen LogP contribution in [0.15, 0.2) is 76.5 Å². The van der Waals surface area contributed by atoms with Gasteiger partial charge in [-0.1, -0.05) is 42.5 Å². The molecule has 0 radical (unpaired) electrons. The number of esters is 1. The molecule has 3 aromatic rings. The van der Waals surface area contributed by atoms with Crippen molar-refractivity contribution in [2.45, 2.75) is 25.9 Å². The zero-order valence-electron chi connectivity index (χ0n) is 17.6. The average Bonchev–Trinajstić information content (AvgIpc) is 3.31. The van der Waals surface area contributed by atoms with Crippen LogP contribution in [-0.4, -0.2) is 25.2 Å². The van der Waals surface area contributed by atoms with Crippen molar-refractivity contribution in [1.82, 2.24) is 10.6 Å². The first kappa shape index (κ1) is 20.7. The summed E-state index contributed by atoms with van der Waals surface area (Å²) in [5, 5.41) is 10.0. The van der Waals surface area contributed by atoms with E-state index in [4.69, 9.17) is 9.15 Å². The predicted octanol–water partition coefficient (Wildman–Crippen LogP) is 2.93. The molecule has 7 nitrogen and oxygen atoms in total. The Morgan fingerprint density at radius 3 is 2.74 bits per heavy atom. The van der Waals surface area contributed by atoms with Crippen molar-refractivity contribution in [3.63, 3.8) is 0 Å². The first-order valence-corrected chi connectivity index (χ1v) is 10.4. The highest BCUT2D eigenvalue weighted by Crippen LogP contribution is 2.28. The van der Waals surface area contributed by atoms with Crippen LogP contribution in [0.4, 0.5) is 4.79 Å². The summed E-state index contributed by atoms with van der Waals surface area (Å²) >= 11 is 0. The van der Waals surface area contributed by atoms with Crippen molar-refractivity contribution in [1.29, 1.82) is 0 Å². The summed E-state index contributed by atoms with van der Waals surface area (Å²) in [4.78, 5) is 25.1. The molecule has 31 heavy (non-hydrogen) atoms. The van der Waals surface area contributed by atoms with Gasteiger partial charge in [0.15, 0.2) is 0 Å². The largest absolute Gasteiger partial charge is 0.467 e. The second kappa shape index (κ2) is 9.06. The zero-order valence-corrected chi connectivity index (χ0v) is 17.6. The first-order chi connectivity index (χ1) is 15.1. The highest BCUT2D eigenvalue weighted by Gasteiger charge is 2.36. The van der Waals surface area contributed by atoms with Crippen LogP contribution in [0.2, 0.25) is 0 Å². The van der Waals surface area contributed by atoms with E-state index >= 15 is 0 Å². The van der Waals surface area contributed by atoms with Gasteiger partial charge < -0.3 is 25.1 Å². The van der Waals surface area contributed by atoms with Gasteiger partial charge in [0.05, 0.1) is 24.1 Å². The van der Waals surface area contributed by atoms with Crippen LogP contribution in [0.5, 0.6) is 0 Å². The number of amides is 2. The Kier molecular flexibility index (Phi) is 6.04. The molecule has 7 heteroatoms. The van der Waals surface area contributed by atoms with Gasteiger partial charge in [-0.3, -0.25) is 0 Å². The number of benzene rings is 2. The summed E-state index contributed by atoms with van der Waals surface area (Å²) in [7, 11) is 0. The van der Waals surface area contributed by atoms with E-state index in [1.165, 1.54) is 22.6 Å². The van der Waals surface area contributed by atoms with Crippen molar-refractivity contribution in [3.05, 3.63) is 83.5 Å². The van der Waals surface area contributed by atoms with Crippen molar-refractivity contribution in [2.24, 2.45) is 0 Å². The quantitative estimate of drug-likeness (QED) is 0.512. The molecular formula is C24H26N3O4+. The Bertz CT molecular complexity index is 1120. The van der Waals surface area contributed by atoms with Gasteiger partial charge in [-0.2, -0.15) is 0 Å². The standard InChI is InChI=1S/C24H25N3O4/c1-3-30-23(28)21-19(26-24(29)27-22(21)20-12-7-13-31-20)14-25-15(2)17-11-6-9-16-8-4-5-10-18(16)17/h4-13,15,22,25H,3,14H2,1-2H3,(H2,26,27,29)/p+1/t15-,22-/m1/s1. The van der Waals surface area contributed by atoms with E-state index in [0.29, 0.717) is 23.6 Å². The molecule has 2 atom stereocenters. The average molecular weight is 420 g/mol. The molecule has 2 heterocycles. The molecule has 2 aromatic carbocycles. The Morgan fingerprint density at radius 1 is 1.16 bits per heavy atom. The third-order valence-corrected chi connectivity index (χ3v) is 5.47. The topological polar surface area (TPSA) is 97.2 Å². The van der Waals surface area contributed by atoms with Gasteiger partial charge >= 0.3 is 12.0 Å². The van der Waals surface area contributed by atoms with Crippen molar-refractivity contribution < 1.29 is 24.1 Å². The predicted molar refractivity (Wildman–Crippen MR) is 116 cm³/mol. The summed E-state index contributed by atoms with van der Waals surface area (Å²) in [5.74, 6) is 0.00937. The number of quaternary nitrogens is 1. The minimum Gasteiger partial charge on any atom is -0.467 e. The smallest absolute Gasteiger partial charge is 0.338 e. The van der Waals surface area contributed by atoms with E-state index in [0.717, 1.165) is 0 Å². The minimum absolute atomic E-state index is 0.107. The minimum atomic E-state index is -0.695. The second-order valence-electron chi connectivity index (χ2n) is 7.46. The fourth-order valence-electron chi connectivity index (χ4n) is 3.97. The number of nitrogens with one attached hydrogen (secondary N) is 2. The van der Waals surface area contributed by atoms with Crippen LogP contribution >= 0.6 is 0 Å². The number of ether oxygens (including phenoxy) is 1. The van der Waals surface area contributed by atoms with Crippen molar-refractivity contribution >= 4 is 22.8 Å². The molecule has 0 fully saturated rings. The summed E-state index contributed by atoms with van der Waals surface area (Å²) in [5.41, 5.74) is 2.08. The van der Waals surface area contributed by atoms with E-state index in [-0.39, 0.29) is 18.7 Å². The van der Waals surface area contributed by atoms with Gasteiger partial charge in [0.1, 0.15) is 24.4 Å². The summed E-state index contributed by atoms with van der Waals surface area (Å²) < 4.78 is 10.8. The Hall–Kier alpha value is -3.58. The highest BCUT2D eigenvalue weighted by molar-refractivity contribution is 5.95. The zero-order chi connectivity index (χ0) is 21.8. The Morgan fingerprint density at radius 2 is 1.97 bits per heavy atom. The number of nitrogens with two attached hydrogens (primary N) is 1. The van der Waals surface area contributed by atoms with Gasteiger partial charge in [-0.15, -0.1) is 0 Å². The number of hydrogen-bond donors (Lipinski definition) is 3. The highest BCUT2D eigenvalue weighted by atomic mass is 16.5. The first-order valence-electron chi connectivity index (χ1n) is 10.4. The molecule has 1 aliphatic heterocycles. The van der Waals surface area contributed by atoms with Gasteiger partial charge in [-0.25, -0.2) is 9.59 Å². The van der Waals surface area contributed by atoms with Gasteiger partial charge in [0.2, 0.25) is 0 Å². The van der Waals surface area contributed by atoms with Crippen molar-refractivity contribution in [2.75, 3.05) is 13.2 Å². The van der Waals surface area contributed by atoms with E-state index in [2.05, 4.69) is 47.1 Å². The summed E-state index contributed by atoms with van der Waals surface area (Å²) in [6, 6.07) is 17.0. The van der Waals surface area contributed by atoms with Gasteiger partial charge in [0, 0.05) is 5.56 Å². The molecule has 0 bridgehead atoms. The molecule has 4 N–H and O–H groups in total. The summed E-state index contributed by atoms with van der Waals surface area (Å²) in [6.45, 7) is 4.51. The lowest BCUT2D eigenvalue weighted by Gasteiger charge is -2.27. The second-order valence-corrected chi connectivity index (χ2v) is 7.46. The van der Waals surface area contributed by atoms with Crippen LogP contribution in [-0.2, 0) is 9.53 Å². The number of fused-ring (bicyclic) bond motifs is 1. The molecule has 0 saturated carbocycles. The third-order valence-electron chi connectivity index (χ3n) is 5.47. The number of hydrogen-bond acceptors (Lipinski definition) is 4. The third kappa shape index (κ3) is 4.32. The van der Waals surface area contributed by atoms with E-state index in [1.807, 2.05) is 18.2 Å². The molecule has 0 spiro atoms. The SMILES string of the molecule is CCOC(=O)C1=C(C[NH2+][C@H](C)c2cccc3ccccc23)NC(=O)N[C@@H]1c1ccco1. The van der Waals surface area contributed by atoms with E-state index < -0.39 is 12.0 Å². The Labute approximate surface area is 180 Å². The fourth-order valence-corrected chi connectivity index (χ4v) is 3.97. The molecule has 0 aliphatic carbocycles. The number of furan rings is 1. The number of carbonyl (C=O) groups excluding carboxylic acids is 2. The van der Waals surface area contributed by atoms with Crippen molar-refractivity contribution in [3.8, 4) is 0 Å². The number of carbonyl (C=O) groups is 2. The van der Waals surface area contributed by atoms with Gasteiger partial charge in [0.25, 0.3) is 0 Å². The molecule has 2 amide bonds.